The molecule has 0 aliphatic heterocycles. The maximum Gasteiger partial charge on any atom is 0.148 e. The normalized spacial score (nSPS) is 15.2. The fourth-order valence-electron chi connectivity index (χ4n) is 2.16. The van der Waals surface area contributed by atoms with Gasteiger partial charge in [0.25, 0.3) is 0 Å². The van der Waals surface area contributed by atoms with Crippen molar-refractivity contribution in [3.63, 3.8) is 0 Å². The molecule has 1 aliphatic carbocycles. The molecular weight excluding hydrogens is 217 g/mol. The molecule has 1 heterocycles. The summed E-state index contributed by atoms with van der Waals surface area (Å²) in [4.78, 5) is 0. The van der Waals surface area contributed by atoms with Crippen molar-refractivity contribution in [2.45, 2.75) is 25.3 Å². The van der Waals surface area contributed by atoms with E-state index in [1.807, 2.05) is 6.07 Å². The standard InChI is InChI=1S/C13H14FN3/c14-11-3-1-2-4-12(11)17-13(9-5-6-9)10(7-15)8-16-17/h1-4,8-9H,5-7,15H2. The first-order valence-corrected chi connectivity index (χ1v) is 5.83. The third-order valence-electron chi connectivity index (χ3n) is 3.15. The number of benzene rings is 1. The fourth-order valence-corrected chi connectivity index (χ4v) is 2.16. The molecule has 0 atom stereocenters. The molecule has 2 N–H and O–H groups in total. The smallest absolute Gasteiger partial charge is 0.148 e. The maximum absolute atomic E-state index is 13.8. The van der Waals surface area contributed by atoms with Crippen LogP contribution in [0.15, 0.2) is 30.5 Å². The summed E-state index contributed by atoms with van der Waals surface area (Å²) < 4.78 is 15.5. The molecule has 88 valence electrons. The zero-order chi connectivity index (χ0) is 11.8. The van der Waals surface area contributed by atoms with Crippen molar-refractivity contribution < 1.29 is 4.39 Å². The van der Waals surface area contributed by atoms with Crippen molar-refractivity contribution >= 4 is 0 Å². The Hall–Kier alpha value is -1.68. The van der Waals surface area contributed by atoms with E-state index in [0.29, 0.717) is 18.2 Å². The van der Waals surface area contributed by atoms with Crippen LogP contribution in [0.4, 0.5) is 4.39 Å². The third kappa shape index (κ3) is 1.74. The van der Waals surface area contributed by atoms with Gasteiger partial charge >= 0.3 is 0 Å². The quantitative estimate of drug-likeness (QED) is 0.881. The predicted molar refractivity (Wildman–Crippen MR) is 63.4 cm³/mol. The average molecular weight is 231 g/mol. The van der Waals surface area contributed by atoms with E-state index in [4.69, 9.17) is 5.73 Å². The lowest BCUT2D eigenvalue weighted by atomic mass is 10.1. The molecule has 0 saturated heterocycles. The number of nitrogens with zero attached hydrogens (tertiary/aromatic N) is 2. The second-order valence-electron chi connectivity index (χ2n) is 4.40. The van der Waals surface area contributed by atoms with Gasteiger partial charge in [0.2, 0.25) is 0 Å². The monoisotopic (exact) mass is 231 g/mol. The number of halogens is 1. The van der Waals surface area contributed by atoms with Crippen LogP contribution in [0.1, 0.15) is 30.0 Å². The van der Waals surface area contributed by atoms with Crippen LogP contribution in [-0.4, -0.2) is 9.78 Å². The van der Waals surface area contributed by atoms with Crippen LogP contribution in [0.2, 0.25) is 0 Å². The molecule has 2 aromatic rings. The lowest BCUT2D eigenvalue weighted by molar-refractivity contribution is 0.606. The van der Waals surface area contributed by atoms with Crippen molar-refractivity contribution in [2.75, 3.05) is 0 Å². The minimum atomic E-state index is -0.249. The first-order valence-electron chi connectivity index (χ1n) is 5.83. The first-order chi connectivity index (χ1) is 8.31. The Kier molecular flexibility index (Phi) is 2.44. The van der Waals surface area contributed by atoms with Crippen molar-refractivity contribution in [3.05, 3.63) is 47.5 Å². The van der Waals surface area contributed by atoms with Crippen LogP contribution in [0.3, 0.4) is 0 Å². The largest absolute Gasteiger partial charge is 0.326 e. The van der Waals surface area contributed by atoms with Gasteiger partial charge in [-0.05, 0) is 25.0 Å². The molecule has 0 radical (unpaired) electrons. The van der Waals surface area contributed by atoms with E-state index in [1.54, 1.807) is 23.0 Å². The molecular formula is C13H14FN3. The molecule has 0 bridgehead atoms. The van der Waals surface area contributed by atoms with Crippen LogP contribution in [0, 0.1) is 5.82 Å². The Morgan fingerprint density at radius 1 is 1.35 bits per heavy atom. The summed E-state index contributed by atoms with van der Waals surface area (Å²) in [5.41, 5.74) is 8.31. The SMILES string of the molecule is NCc1cnn(-c2ccccc2F)c1C1CC1. The predicted octanol–water partition coefficient (Wildman–Crippen LogP) is 2.35. The lowest BCUT2D eigenvalue weighted by Gasteiger charge is -2.08. The Balaban J connectivity index is 2.14. The topological polar surface area (TPSA) is 43.8 Å². The van der Waals surface area contributed by atoms with Crippen molar-refractivity contribution in [1.82, 2.24) is 9.78 Å². The summed E-state index contributed by atoms with van der Waals surface area (Å²) in [5, 5.41) is 4.28. The van der Waals surface area contributed by atoms with Gasteiger partial charge in [-0.2, -0.15) is 5.10 Å². The van der Waals surface area contributed by atoms with Crippen LogP contribution in [-0.2, 0) is 6.54 Å². The van der Waals surface area contributed by atoms with Crippen LogP contribution in [0.25, 0.3) is 5.69 Å². The van der Waals surface area contributed by atoms with E-state index in [0.717, 1.165) is 24.1 Å². The van der Waals surface area contributed by atoms with Crippen LogP contribution >= 0.6 is 0 Å². The second-order valence-corrected chi connectivity index (χ2v) is 4.40. The summed E-state index contributed by atoms with van der Waals surface area (Å²) in [6.07, 6.45) is 4.04. The summed E-state index contributed by atoms with van der Waals surface area (Å²) in [7, 11) is 0. The van der Waals surface area contributed by atoms with Gasteiger partial charge in [0.05, 0.1) is 11.9 Å². The Labute approximate surface area is 99.1 Å². The van der Waals surface area contributed by atoms with Crippen molar-refractivity contribution in [2.24, 2.45) is 5.73 Å². The zero-order valence-electron chi connectivity index (χ0n) is 9.44. The van der Waals surface area contributed by atoms with E-state index < -0.39 is 0 Å². The molecule has 3 rings (SSSR count). The molecule has 0 unspecified atom stereocenters. The molecule has 1 saturated carbocycles. The first kappa shape index (κ1) is 10.5. The second kappa shape index (κ2) is 3.96. The fraction of sp³-hybridized carbons (Fsp3) is 0.308. The summed E-state index contributed by atoms with van der Waals surface area (Å²) in [5.74, 6) is 0.247. The number of nitrogens with two attached hydrogens (primary N) is 1. The highest BCUT2D eigenvalue weighted by atomic mass is 19.1. The summed E-state index contributed by atoms with van der Waals surface area (Å²) in [6, 6.07) is 6.70. The Morgan fingerprint density at radius 3 is 2.76 bits per heavy atom. The highest BCUT2D eigenvalue weighted by Crippen LogP contribution is 2.42. The van der Waals surface area contributed by atoms with E-state index in [1.165, 1.54) is 6.07 Å². The molecule has 1 fully saturated rings. The van der Waals surface area contributed by atoms with Crippen molar-refractivity contribution in [1.29, 1.82) is 0 Å². The van der Waals surface area contributed by atoms with Gasteiger partial charge in [0.1, 0.15) is 11.5 Å². The maximum atomic E-state index is 13.8. The van der Waals surface area contributed by atoms with E-state index in [2.05, 4.69) is 5.10 Å². The lowest BCUT2D eigenvalue weighted by Crippen LogP contribution is -2.06. The molecule has 0 amide bonds. The Morgan fingerprint density at radius 2 is 2.12 bits per heavy atom. The van der Waals surface area contributed by atoms with Crippen LogP contribution in [0.5, 0.6) is 0 Å². The minimum absolute atomic E-state index is 0.249. The number of hydrogen-bond acceptors (Lipinski definition) is 2. The van der Waals surface area contributed by atoms with E-state index in [-0.39, 0.29) is 5.82 Å². The van der Waals surface area contributed by atoms with Gasteiger partial charge < -0.3 is 5.73 Å². The van der Waals surface area contributed by atoms with Crippen LogP contribution < -0.4 is 5.73 Å². The molecule has 17 heavy (non-hydrogen) atoms. The molecule has 3 nitrogen and oxygen atoms in total. The summed E-state index contributed by atoms with van der Waals surface area (Å²) in [6.45, 7) is 0.459. The summed E-state index contributed by atoms with van der Waals surface area (Å²) >= 11 is 0. The highest BCUT2D eigenvalue weighted by Gasteiger charge is 2.30. The third-order valence-corrected chi connectivity index (χ3v) is 3.15. The molecule has 1 aromatic carbocycles. The number of aromatic nitrogens is 2. The van der Waals surface area contributed by atoms with Gasteiger partial charge in [-0.1, -0.05) is 12.1 Å². The number of hydrogen-bond donors (Lipinski definition) is 1. The number of rotatable bonds is 3. The minimum Gasteiger partial charge on any atom is -0.326 e. The van der Waals surface area contributed by atoms with Crippen molar-refractivity contribution in [3.8, 4) is 5.69 Å². The molecule has 1 aromatic heterocycles. The molecule has 4 heteroatoms. The van der Waals surface area contributed by atoms with E-state index in [9.17, 15) is 4.39 Å². The van der Waals surface area contributed by atoms with E-state index >= 15 is 0 Å². The van der Waals surface area contributed by atoms with Gasteiger partial charge in [0.15, 0.2) is 0 Å². The molecule has 1 aliphatic rings. The van der Waals surface area contributed by atoms with Gasteiger partial charge in [0, 0.05) is 18.0 Å². The zero-order valence-corrected chi connectivity index (χ0v) is 9.44. The average Bonchev–Trinajstić information content (AvgIpc) is 3.10. The Bertz CT molecular complexity index is 543. The highest BCUT2D eigenvalue weighted by molar-refractivity contribution is 5.38. The van der Waals surface area contributed by atoms with Gasteiger partial charge in [-0.3, -0.25) is 0 Å². The molecule has 0 spiro atoms. The van der Waals surface area contributed by atoms with Gasteiger partial charge in [-0.25, -0.2) is 9.07 Å². The number of para-hydroxylation sites is 1. The van der Waals surface area contributed by atoms with Gasteiger partial charge in [-0.15, -0.1) is 0 Å².